The number of rotatable bonds is 3. The van der Waals surface area contributed by atoms with Crippen molar-refractivity contribution in [1.82, 2.24) is 9.80 Å². The second kappa shape index (κ2) is 6.27. The van der Waals surface area contributed by atoms with Gasteiger partial charge in [-0.25, -0.2) is 0 Å². The van der Waals surface area contributed by atoms with E-state index in [1.807, 2.05) is 30.0 Å². The molecule has 1 heterocycles. The van der Waals surface area contributed by atoms with Crippen LogP contribution in [0.5, 0.6) is 0 Å². The van der Waals surface area contributed by atoms with Crippen molar-refractivity contribution in [2.75, 3.05) is 38.5 Å². The molecule has 1 aliphatic rings. The monoisotopic (exact) mass is 275 g/mol. The molecule has 0 aliphatic carbocycles. The zero-order valence-electron chi connectivity index (χ0n) is 12.9. The van der Waals surface area contributed by atoms with Crippen molar-refractivity contribution in [3.8, 4) is 0 Å². The van der Waals surface area contributed by atoms with E-state index in [-0.39, 0.29) is 5.91 Å². The summed E-state index contributed by atoms with van der Waals surface area (Å²) in [6.45, 7) is 9.74. The molecule has 0 radical (unpaired) electrons. The number of hydrogen-bond donors (Lipinski definition) is 1. The van der Waals surface area contributed by atoms with Crippen LogP contribution in [-0.4, -0.2) is 55.0 Å². The number of carbonyl (C=O) groups is 1. The van der Waals surface area contributed by atoms with Crippen LogP contribution in [0.3, 0.4) is 0 Å². The molecule has 1 amide bonds. The molecule has 0 bridgehead atoms. The number of likely N-dealkylation sites (N-methyl/N-ethyl adjacent to an activating group) is 1. The third-order valence-corrected chi connectivity index (χ3v) is 4.09. The van der Waals surface area contributed by atoms with Crippen LogP contribution < -0.4 is 5.32 Å². The van der Waals surface area contributed by atoms with Gasteiger partial charge in [0.15, 0.2) is 0 Å². The Morgan fingerprint density at radius 2 is 2.15 bits per heavy atom. The number of nitrogens with one attached hydrogen (secondary N) is 1. The summed E-state index contributed by atoms with van der Waals surface area (Å²) in [5.74, 6) is 0.149. The quantitative estimate of drug-likeness (QED) is 0.918. The highest BCUT2D eigenvalue weighted by Gasteiger charge is 2.25. The van der Waals surface area contributed by atoms with Crippen LogP contribution in [0.4, 0.5) is 5.69 Å². The predicted molar refractivity (Wildman–Crippen MR) is 83.3 cm³/mol. The van der Waals surface area contributed by atoms with E-state index in [4.69, 9.17) is 0 Å². The molecule has 20 heavy (non-hydrogen) atoms. The molecule has 1 aromatic carbocycles. The number of hydrogen-bond acceptors (Lipinski definition) is 3. The number of carbonyl (C=O) groups excluding carboxylic acids is 1. The number of aryl methyl sites for hydroxylation is 1. The molecule has 110 valence electrons. The van der Waals surface area contributed by atoms with Gasteiger partial charge >= 0.3 is 0 Å². The van der Waals surface area contributed by atoms with Crippen molar-refractivity contribution in [3.63, 3.8) is 0 Å². The Labute approximate surface area is 121 Å². The molecule has 0 saturated carbocycles. The van der Waals surface area contributed by atoms with Crippen molar-refractivity contribution in [2.24, 2.45) is 0 Å². The molecule has 2 rings (SSSR count). The molecule has 1 unspecified atom stereocenters. The maximum atomic E-state index is 12.6. The first-order chi connectivity index (χ1) is 9.52. The summed E-state index contributed by atoms with van der Waals surface area (Å²) >= 11 is 0. The molecular formula is C16H25N3O. The summed E-state index contributed by atoms with van der Waals surface area (Å²) in [6.07, 6.45) is 0. The minimum atomic E-state index is 0.149. The van der Waals surface area contributed by atoms with Crippen LogP contribution in [0.2, 0.25) is 0 Å². The maximum absolute atomic E-state index is 12.6. The fourth-order valence-electron chi connectivity index (χ4n) is 2.60. The smallest absolute Gasteiger partial charge is 0.253 e. The van der Waals surface area contributed by atoms with Crippen molar-refractivity contribution < 1.29 is 4.79 Å². The van der Waals surface area contributed by atoms with Crippen molar-refractivity contribution >= 4 is 11.6 Å². The average molecular weight is 275 g/mol. The zero-order valence-corrected chi connectivity index (χ0v) is 12.9. The molecule has 4 heteroatoms. The van der Waals surface area contributed by atoms with E-state index in [1.54, 1.807) is 0 Å². The highest BCUT2D eigenvalue weighted by atomic mass is 16.2. The number of piperazine rings is 1. The van der Waals surface area contributed by atoms with Gasteiger partial charge in [-0.2, -0.15) is 0 Å². The Morgan fingerprint density at radius 1 is 1.40 bits per heavy atom. The van der Waals surface area contributed by atoms with E-state index in [1.165, 1.54) is 0 Å². The first kappa shape index (κ1) is 14.9. The first-order valence-electron chi connectivity index (χ1n) is 7.37. The second-order valence-corrected chi connectivity index (χ2v) is 5.64. The van der Waals surface area contributed by atoms with E-state index in [0.29, 0.717) is 6.04 Å². The van der Waals surface area contributed by atoms with Gasteiger partial charge in [0.1, 0.15) is 0 Å². The third kappa shape index (κ3) is 3.12. The Bertz CT molecular complexity index is 487. The molecule has 1 aliphatic heterocycles. The zero-order chi connectivity index (χ0) is 14.7. The van der Waals surface area contributed by atoms with Crippen LogP contribution >= 0.6 is 0 Å². The van der Waals surface area contributed by atoms with Crippen LogP contribution in [-0.2, 0) is 0 Å². The summed E-state index contributed by atoms with van der Waals surface area (Å²) in [6, 6.07) is 6.35. The van der Waals surface area contributed by atoms with E-state index in [2.05, 4.69) is 31.1 Å². The summed E-state index contributed by atoms with van der Waals surface area (Å²) in [4.78, 5) is 16.8. The van der Waals surface area contributed by atoms with Crippen molar-refractivity contribution in [3.05, 3.63) is 29.3 Å². The average Bonchev–Trinajstić information content (AvgIpc) is 2.43. The van der Waals surface area contributed by atoms with Crippen LogP contribution in [0.15, 0.2) is 18.2 Å². The molecule has 1 saturated heterocycles. The topological polar surface area (TPSA) is 35.6 Å². The summed E-state index contributed by atoms with van der Waals surface area (Å²) < 4.78 is 0. The Kier molecular flexibility index (Phi) is 4.65. The fraction of sp³-hybridized carbons (Fsp3) is 0.562. The molecule has 0 spiro atoms. The molecular weight excluding hydrogens is 250 g/mol. The number of anilines is 1. The Balaban J connectivity index is 2.11. The molecule has 1 aromatic rings. The molecule has 1 fully saturated rings. The van der Waals surface area contributed by atoms with Gasteiger partial charge in [-0.1, -0.05) is 0 Å². The maximum Gasteiger partial charge on any atom is 0.253 e. The molecule has 1 atom stereocenters. The SMILES string of the molecule is CCNc1ccc(C(=O)N2CCN(C)C(C)C2)cc1C. The lowest BCUT2D eigenvalue weighted by Gasteiger charge is -2.37. The van der Waals surface area contributed by atoms with E-state index >= 15 is 0 Å². The minimum absolute atomic E-state index is 0.149. The van der Waals surface area contributed by atoms with Crippen molar-refractivity contribution in [1.29, 1.82) is 0 Å². The summed E-state index contributed by atoms with van der Waals surface area (Å²) in [7, 11) is 2.11. The van der Waals surface area contributed by atoms with Gasteiger partial charge < -0.3 is 15.1 Å². The fourth-order valence-corrected chi connectivity index (χ4v) is 2.60. The molecule has 4 nitrogen and oxygen atoms in total. The lowest BCUT2D eigenvalue weighted by molar-refractivity contribution is 0.0572. The normalized spacial score (nSPS) is 20.0. The van der Waals surface area contributed by atoms with Crippen LogP contribution in [0.1, 0.15) is 29.8 Å². The van der Waals surface area contributed by atoms with Crippen LogP contribution in [0.25, 0.3) is 0 Å². The second-order valence-electron chi connectivity index (χ2n) is 5.64. The van der Waals surface area contributed by atoms with Gasteiger partial charge in [0.05, 0.1) is 0 Å². The van der Waals surface area contributed by atoms with E-state index in [0.717, 1.165) is 43.0 Å². The van der Waals surface area contributed by atoms with E-state index in [9.17, 15) is 4.79 Å². The lowest BCUT2D eigenvalue weighted by Crippen LogP contribution is -2.52. The lowest BCUT2D eigenvalue weighted by atomic mass is 10.1. The minimum Gasteiger partial charge on any atom is -0.385 e. The highest BCUT2D eigenvalue weighted by Crippen LogP contribution is 2.18. The third-order valence-electron chi connectivity index (χ3n) is 4.09. The van der Waals surface area contributed by atoms with Crippen molar-refractivity contribution in [2.45, 2.75) is 26.8 Å². The number of amides is 1. The van der Waals surface area contributed by atoms with Gasteiger partial charge in [0, 0.05) is 43.5 Å². The van der Waals surface area contributed by atoms with Gasteiger partial charge in [-0.15, -0.1) is 0 Å². The van der Waals surface area contributed by atoms with Gasteiger partial charge in [-0.3, -0.25) is 4.79 Å². The van der Waals surface area contributed by atoms with Gasteiger partial charge in [0.2, 0.25) is 0 Å². The van der Waals surface area contributed by atoms with E-state index < -0.39 is 0 Å². The van der Waals surface area contributed by atoms with Crippen LogP contribution in [0, 0.1) is 6.92 Å². The summed E-state index contributed by atoms with van der Waals surface area (Å²) in [5, 5.41) is 3.30. The van der Waals surface area contributed by atoms with Gasteiger partial charge in [-0.05, 0) is 51.6 Å². The van der Waals surface area contributed by atoms with Gasteiger partial charge in [0.25, 0.3) is 5.91 Å². The predicted octanol–water partition coefficient (Wildman–Crippen LogP) is 2.20. The Morgan fingerprint density at radius 3 is 2.75 bits per heavy atom. The number of nitrogens with zero attached hydrogens (tertiary/aromatic N) is 2. The number of benzene rings is 1. The summed E-state index contributed by atoms with van der Waals surface area (Å²) in [5.41, 5.74) is 3.02. The standard InChI is InChI=1S/C16H25N3O/c1-5-17-15-7-6-14(10-12(15)2)16(20)19-9-8-18(4)13(3)11-19/h6-7,10,13,17H,5,8-9,11H2,1-4H3. The molecule has 0 aromatic heterocycles. The largest absolute Gasteiger partial charge is 0.385 e. The highest BCUT2D eigenvalue weighted by molar-refractivity contribution is 5.95. The Hall–Kier alpha value is -1.55. The first-order valence-corrected chi connectivity index (χ1v) is 7.37. The molecule has 1 N–H and O–H groups in total.